The summed E-state index contributed by atoms with van der Waals surface area (Å²) in [6, 6.07) is 9.14. The second kappa shape index (κ2) is 5.34. The van der Waals surface area contributed by atoms with Gasteiger partial charge in [0.1, 0.15) is 5.54 Å². The summed E-state index contributed by atoms with van der Waals surface area (Å²) >= 11 is 0. The van der Waals surface area contributed by atoms with Gasteiger partial charge in [-0.15, -0.1) is 0 Å². The Labute approximate surface area is 108 Å². The first-order chi connectivity index (χ1) is 8.63. The van der Waals surface area contributed by atoms with Gasteiger partial charge in [0.15, 0.2) is 0 Å². The van der Waals surface area contributed by atoms with E-state index in [0.29, 0.717) is 6.42 Å². The zero-order chi connectivity index (χ0) is 13.0. The van der Waals surface area contributed by atoms with Crippen LogP contribution in [-0.4, -0.2) is 17.4 Å². The van der Waals surface area contributed by atoms with E-state index in [2.05, 4.69) is 11.8 Å². The quantitative estimate of drug-likeness (QED) is 0.727. The average molecular weight is 242 g/mol. The third-order valence-electron chi connectivity index (χ3n) is 3.53. The lowest BCUT2D eigenvalue weighted by molar-refractivity contribution is -0.120. The van der Waals surface area contributed by atoms with Crippen LogP contribution in [0, 0.1) is 11.8 Å². The van der Waals surface area contributed by atoms with Crippen LogP contribution < -0.4 is 11.5 Å². The van der Waals surface area contributed by atoms with Gasteiger partial charge in [-0.25, -0.2) is 0 Å². The number of hydrogen-bond acceptors (Lipinski definition) is 3. The van der Waals surface area contributed by atoms with Crippen LogP contribution in [0.15, 0.2) is 30.3 Å². The third-order valence-corrected chi connectivity index (χ3v) is 3.53. The molecule has 0 radical (unpaired) electrons. The molecule has 1 fully saturated rings. The summed E-state index contributed by atoms with van der Waals surface area (Å²) in [5, 5.41) is 0. The molecule has 2 atom stereocenters. The van der Waals surface area contributed by atoms with Crippen LogP contribution in [0.25, 0.3) is 0 Å². The van der Waals surface area contributed by atoms with E-state index in [1.807, 2.05) is 30.3 Å². The fourth-order valence-electron chi connectivity index (χ4n) is 2.27. The van der Waals surface area contributed by atoms with E-state index in [1.165, 1.54) is 0 Å². The molecule has 3 nitrogen and oxygen atoms in total. The van der Waals surface area contributed by atoms with Crippen molar-refractivity contribution in [1.82, 2.24) is 0 Å². The highest BCUT2D eigenvalue weighted by atomic mass is 16.1. The standard InChI is InChI=1S/C15H18N2O/c16-13-8-4-5-11-15(13,17)14(18)10-9-12-6-2-1-3-7-12/h1-3,6-7,13H,4-5,8,11,16-17H2. The van der Waals surface area contributed by atoms with E-state index in [9.17, 15) is 4.79 Å². The molecule has 2 unspecified atom stereocenters. The van der Waals surface area contributed by atoms with Gasteiger partial charge in [0.2, 0.25) is 5.78 Å². The Balaban J connectivity index is 2.15. The molecular weight excluding hydrogens is 224 g/mol. The zero-order valence-corrected chi connectivity index (χ0v) is 10.4. The van der Waals surface area contributed by atoms with Gasteiger partial charge in [-0.1, -0.05) is 37.0 Å². The van der Waals surface area contributed by atoms with Gasteiger partial charge < -0.3 is 11.5 Å². The molecule has 1 aromatic rings. The number of Topliss-reactive ketones (excluding diaryl/α,β-unsaturated/α-hetero) is 1. The minimum atomic E-state index is -0.958. The normalized spacial score (nSPS) is 27.1. The Morgan fingerprint density at radius 1 is 1.28 bits per heavy atom. The van der Waals surface area contributed by atoms with Crippen molar-refractivity contribution in [3.8, 4) is 11.8 Å². The largest absolute Gasteiger partial charge is 0.326 e. The van der Waals surface area contributed by atoms with E-state index in [1.54, 1.807) is 0 Å². The molecule has 0 aliphatic heterocycles. The van der Waals surface area contributed by atoms with Gasteiger partial charge >= 0.3 is 0 Å². The monoisotopic (exact) mass is 242 g/mol. The van der Waals surface area contributed by atoms with Crippen molar-refractivity contribution in [2.45, 2.75) is 37.3 Å². The van der Waals surface area contributed by atoms with Gasteiger partial charge in [0.25, 0.3) is 0 Å². The van der Waals surface area contributed by atoms with Crippen molar-refractivity contribution < 1.29 is 4.79 Å². The molecule has 0 bridgehead atoms. The Hall–Kier alpha value is -1.63. The molecule has 18 heavy (non-hydrogen) atoms. The lowest BCUT2D eigenvalue weighted by atomic mass is 9.76. The number of rotatable bonds is 1. The second-order valence-corrected chi connectivity index (χ2v) is 4.84. The number of nitrogens with two attached hydrogens (primary N) is 2. The maximum Gasteiger partial charge on any atom is 0.227 e. The smallest absolute Gasteiger partial charge is 0.227 e. The Bertz CT molecular complexity index is 486. The van der Waals surface area contributed by atoms with Gasteiger partial charge in [-0.2, -0.15) is 0 Å². The SMILES string of the molecule is NC1CCCCC1(N)C(=O)C#Cc1ccccc1. The molecule has 0 spiro atoms. The molecule has 4 N–H and O–H groups in total. The van der Waals surface area contributed by atoms with Crippen molar-refractivity contribution >= 4 is 5.78 Å². The lowest BCUT2D eigenvalue weighted by Crippen LogP contribution is -2.61. The van der Waals surface area contributed by atoms with Crippen molar-refractivity contribution in [3.63, 3.8) is 0 Å². The van der Waals surface area contributed by atoms with Crippen LogP contribution in [-0.2, 0) is 4.79 Å². The molecular formula is C15H18N2O. The predicted molar refractivity (Wildman–Crippen MR) is 71.7 cm³/mol. The highest BCUT2D eigenvalue weighted by Gasteiger charge is 2.40. The van der Waals surface area contributed by atoms with E-state index in [-0.39, 0.29) is 11.8 Å². The van der Waals surface area contributed by atoms with Crippen molar-refractivity contribution in [3.05, 3.63) is 35.9 Å². The number of benzene rings is 1. The highest BCUT2D eigenvalue weighted by molar-refractivity contribution is 6.03. The zero-order valence-electron chi connectivity index (χ0n) is 10.4. The Morgan fingerprint density at radius 2 is 2.00 bits per heavy atom. The molecule has 0 heterocycles. The molecule has 0 aromatic heterocycles. The molecule has 0 amide bonds. The van der Waals surface area contributed by atoms with Crippen molar-refractivity contribution in [2.75, 3.05) is 0 Å². The van der Waals surface area contributed by atoms with E-state index in [4.69, 9.17) is 11.5 Å². The first kappa shape index (κ1) is 12.8. The summed E-state index contributed by atoms with van der Waals surface area (Å²) in [5.41, 5.74) is 12.0. The summed E-state index contributed by atoms with van der Waals surface area (Å²) in [6.07, 6.45) is 3.42. The van der Waals surface area contributed by atoms with Crippen molar-refractivity contribution in [2.24, 2.45) is 11.5 Å². The van der Waals surface area contributed by atoms with Gasteiger partial charge in [-0.3, -0.25) is 4.79 Å². The van der Waals surface area contributed by atoms with Crippen LogP contribution in [0.1, 0.15) is 31.2 Å². The van der Waals surface area contributed by atoms with E-state index >= 15 is 0 Å². The average Bonchev–Trinajstić information content (AvgIpc) is 2.40. The molecule has 2 rings (SSSR count). The minimum absolute atomic E-state index is 0.237. The highest BCUT2D eigenvalue weighted by Crippen LogP contribution is 2.25. The maximum atomic E-state index is 12.1. The van der Waals surface area contributed by atoms with Gasteiger partial charge in [0.05, 0.1) is 0 Å². The van der Waals surface area contributed by atoms with E-state index in [0.717, 1.165) is 24.8 Å². The molecule has 0 saturated heterocycles. The summed E-state index contributed by atoms with van der Waals surface area (Å²) < 4.78 is 0. The molecule has 1 aliphatic rings. The van der Waals surface area contributed by atoms with Gasteiger partial charge in [-0.05, 0) is 30.9 Å². The maximum absolute atomic E-state index is 12.1. The summed E-state index contributed by atoms with van der Waals surface area (Å²) in [4.78, 5) is 12.1. The van der Waals surface area contributed by atoms with E-state index < -0.39 is 5.54 Å². The fraction of sp³-hybridized carbons (Fsp3) is 0.400. The van der Waals surface area contributed by atoms with Crippen LogP contribution in [0.4, 0.5) is 0 Å². The predicted octanol–water partition coefficient (Wildman–Crippen LogP) is 1.21. The molecule has 1 aromatic carbocycles. The van der Waals surface area contributed by atoms with Gasteiger partial charge in [0, 0.05) is 11.6 Å². The second-order valence-electron chi connectivity index (χ2n) is 4.84. The molecule has 1 aliphatic carbocycles. The molecule has 94 valence electrons. The van der Waals surface area contributed by atoms with Crippen LogP contribution >= 0.6 is 0 Å². The lowest BCUT2D eigenvalue weighted by Gasteiger charge is -2.36. The first-order valence-corrected chi connectivity index (χ1v) is 6.29. The summed E-state index contributed by atoms with van der Waals surface area (Å²) in [7, 11) is 0. The number of ketones is 1. The summed E-state index contributed by atoms with van der Waals surface area (Å²) in [5.74, 6) is 5.26. The topological polar surface area (TPSA) is 69.1 Å². The Kier molecular flexibility index (Phi) is 3.81. The number of hydrogen-bond donors (Lipinski definition) is 2. The molecule has 3 heteroatoms. The number of carbonyl (C=O) groups excluding carboxylic acids is 1. The Morgan fingerprint density at radius 3 is 2.67 bits per heavy atom. The van der Waals surface area contributed by atoms with Crippen LogP contribution in [0.5, 0.6) is 0 Å². The molecule has 1 saturated carbocycles. The fourth-order valence-corrected chi connectivity index (χ4v) is 2.27. The minimum Gasteiger partial charge on any atom is -0.326 e. The van der Waals surface area contributed by atoms with Crippen molar-refractivity contribution in [1.29, 1.82) is 0 Å². The first-order valence-electron chi connectivity index (χ1n) is 6.29. The van der Waals surface area contributed by atoms with Crippen LogP contribution in [0.3, 0.4) is 0 Å². The number of carbonyl (C=O) groups is 1. The third kappa shape index (κ3) is 2.61. The summed E-state index contributed by atoms with van der Waals surface area (Å²) in [6.45, 7) is 0. The van der Waals surface area contributed by atoms with Crippen LogP contribution in [0.2, 0.25) is 0 Å².